The van der Waals surface area contributed by atoms with Crippen LogP contribution in [-0.4, -0.2) is 91.1 Å². The molecule has 4 unspecified atom stereocenters. The number of H-pyrrole nitrogens is 2. The number of amides is 4. The molecule has 0 radical (unpaired) electrons. The molecule has 2 aliphatic heterocycles. The first-order valence-corrected chi connectivity index (χ1v) is 24.4. The second-order valence-corrected chi connectivity index (χ2v) is 20.7. The Bertz CT molecular complexity index is 2560. The van der Waals surface area contributed by atoms with Gasteiger partial charge >= 0.3 is 12.2 Å². The van der Waals surface area contributed by atoms with Gasteiger partial charge in [0, 0.05) is 13.1 Å². The molecule has 4 heterocycles. The van der Waals surface area contributed by atoms with Crippen LogP contribution in [0.5, 0.6) is 0 Å². The number of aromatic amines is 2. The fourth-order valence-electron chi connectivity index (χ4n) is 10.9. The summed E-state index contributed by atoms with van der Waals surface area (Å²) in [7, 11) is 1.30. The SMILES string of the molecule is COC(=O)N[C@H](C(=O)N1CCCC1c1ncc(-c2ccc(C3CCC(c4ccc(-c5cnc([C@@H]6CCCN6C(=O)[C@@H](NC(=O)O)C(C)C)[nH]5)cc4)C3c3ccc(C(C)(C)C)cc3)cc2)[nH]1)C(C)C. The third-order valence-corrected chi connectivity index (χ3v) is 14.6. The molecule has 360 valence electrons. The smallest absolute Gasteiger partial charge is 0.407 e. The maximum absolute atomic E-state index is 13.7. The van der Waals surface area contributed by atoms with E-state index in [1.807, 2.05) is 45.0 Å². The Kier molecular flexibility index (Phi) is 14.1. The summed E-state index contributed by atoms with van der Waals surface area (Å²) in [6.45, 7) is 15.4. The van der Waals surface area contributed by atoms with Crippen LogP contribution in [0.15, 0.2) is 85.2 Å². The van der Waals surface area contributed by atoms with E-state index in [2.05, 4.69) is 114 Å². The molecule has 2 aromatic heterocycles. The van der Waals surface area contributed by atoms with Gasteiger partial charge in [-0.05, 0) is 107 Å². The van der Waals surface area contributed by atoms with Gasteiger partial charge in [0.05, 0.1) is 43.0 Å². The summed E-state index contributed by atoms with van der Waals surface area (Å²) in [5.41, 5.74) is 9.08. The molecule has 1 saturated carbocycles. The van der Waals surface area contributed by atoms with Crippen molar-refractivity contribution in [2.75, 3.05) is 20.2 Å². The van der Waals surface area contributed by atoms with Gasteiger partial charge in [-0.15, -0.1) is 0 Å². The third kappa shape index (κ3) is 10.0. The van der Waals surface area contributed by atoms with E-state index in [1.54, 1.807) is 4.90 Å². The molecule has 5 N–H and O–H groups in total. The van der Waals surface area contributed by atoms with Crippen LogP contribution < -0.4 is 10.6 Å². The minimum absolute atomic E-state index is 0.0428. The average Bonchev–Trinajstić information content (AvgIpc) is 4.18. The highest BCUT2D eigenvalue weighted by Crippen LogP contribution is 2.54. The number of benzene rings is 3. The number of alkyl carbamates (subject to hydrolysis) is 1. The molecule has 2 saturated heterocycles. The van der Waals surface area contributed by atoms with Crippen LogP contribution in [0.3, 0.4) is 0 Å². The molecule has 4 amide bonds. The number of likely N-dealkylation sites (tertiary alicyclic amines) is 2. The second kappa shape index (κ2) is 20.0. The number of aromatic nitrogens is 4. The molecule has 8 rings (SSSR count). The summed E-state index contributed by atoms with van der Waals surface area (Å²) in [4.78, 5) is 71.1. The van der Waals surface area contributed by atoms with Crippen molar-refractivity contribution in [3.8, 4) is 22.5 Å². The van der Waals surface area contributed by atoms with E-state index in [0.717, 1.165) is 66.9 Å². The number of methoxy groups -OCH3 is 1. The minimum atomic E-state index is -1.21. The highest BCUT2D eigenvalue weighted by molar-refractivity contribution is 5.87. The number of ether oxygens (including phenoxy) is 1. The van der Waals surface area contributed by atoms with E-state index < -0.39 is 24.3 Å². The number of rotatable bonds is 13. The van der Waals surface area contributed by atoms with Crippen LogP contribution in [-0.2, 0) is 19.7 Å². The predicted octanol–water partition coefficient (Wildman–Crippen LogP) is 10.2. The average molecular weight is 925 g/mol. The Morgan fingerprint density at radius 1 is 0.647 bits per heavy atom. The van der Waals surface area contributed by atoms with Gasteiger partial charge in [0.2, 0.25) is 11.8 Å². The van der Waals surface area contributed by atoms with E-state index in [0.29, 0.717) is 30.7 Å². The molecular formula is C54H68N8O6. The zero-order valence-electron chi connectivity index (χ0n) is 40.7. The molecule has 0 bridgehead atoms. The van der Waals surface area contributed by atoms with Crippen LogP contribution in [0, 0.1) is 11.8 Å². The van der Waals surface area contributed by atoms with Crippen LogP contribution in [0.1, 0.15) is 151 Å². The lowest BCUT2D eigenvalue weighted by Crippen LogP contribution is -2.51. The number of imidazole rings is 2. The van der Waals surface area contributed by atoms with Gasteiger partial charge in [0.25, 0.3) is 0 Å². The fraction of sp³-hybridized carbons (Fsp3) is 0.481. The fourth-order valence-corrected chi connectivity index (χ4v) is 10.9. The van der Waals surface area contributed by atoms with Crippen molar-refractivity contribution >= 4 is 24.0 Å². The molecule has 5 aromatic rings. The van der Waals surface area contributed by atoms with Crippen molar-refractivity contribution in [1.82, 2.24) is 40.4 Å². The summed E-state index contributed by atoms with van der Waals surface area (Å²) < 4.78 is 4.81. The minimum Gasteiger partial charge on any atom is -0.465 e. The molecular weight excluding hydrogens is 857 g/mol. The maximum atomic E-state index is 13.7. The standard InChI is InChI=1S/C54H68N8O6/c1-31(2)46(59-52(65)66)50(63)61-27-9-11-43(61)48-55-29-41(57-48)35-17-13-33(14-18-35)39-25-26-40(45(39)37-21-23-38(24-22-37)54(5,6)7)34-15-19-36(20-16-34)42-30-56-49(58-42)44-12-10-28-62(44)51(64)47(32(3)4)60-53(67)68-8/h13-24,29-32,39-40,43-47,59H,9-12,25-28H2,1-8H3,(H,55,57)(H,56,58)(H,60,67)(H,65,66)/t39?,40?,43-,44?,45?,46-,47-/m0/s1. The van der Waals surface area contributed by atoms with E-state index in [9.17, 15) is 24.3 Å². The second-order valence-electron chi connectivity index (χ2n) is 20.7. The zero-order chi connectivity index (χ0) is 48.4. The Hall–Kier alpha value is -6.44. The van der Waals surface area contributed by atoms with E-state index in [-0.39, 0.29) is 47.1 Å². The normalized spacial score (nSPS) is 21.6. The van der Waals surface area contributed by atoms with Crippen LogP contribution in [0.4, 0.5) is 9.59 Å². The topological polar surface area (TPSA) is 186 Å². The molecule has 3 aromatic carbocycles. The number of carboxylic acid groups (broad SMARTS) is 1. The highest BCUT2D eigenvalue weighted by atomic mass is 16.5. The zero-order valence-corrected chi connectivity index (χ0v) is 40.7. The van der Waals surface area contributed by atoms with Crippen molar-refractivity contribution < 1.29 is 29.0 Å². The predicted molar refractivity (Wildman–Crippen MR) is 262 cm³/mol. The van der Waals surface area contributed by atoms with E-state index >= 15 is 0 Å². The van der Waals surface area contributed by atoms with Gasteiger partial charge in [-0.25, -0.2) is 19.6 Å². The lowest BCUT2D eigenvalue weighted by molar-refractivity contribution is -0.136. The van der Waals surface area contributed by atoms with E-state index in [1.165, 1.54) is 29.4 Å². The van der Waals surface area contributed by atoms with Crippen molar-refractivity contribution in [1.29, 1.82) is 0 Å². The van der Waals surface area contributed by atoms with Crippen molar-refractivity contribution in [2.24, 2.45) is 11.8 Å². The molecule has 68 heavy (non-hydrogen) atoms. The molecule has 0 spiro atoms. The van der Waals surface area contributed by atoms with Crippen LogP contribution in [0.25, 0.3) is 22.5 Å². The molecule has 3 aliphatic rings. The maximum Gasteiger partial charge on any atom is 0.407 e. The summed E-state index contributed by atoms with van der Waals surface area (Å²) in [6.07, 6.45) is 7.15. The lowest BCUT2D eigenvalue weighted by Gasteiger charge is -2.30. The molecule has 3 fully saturated rings. The van der Waals surface area contributed by atoms with Crippen LogP contribution >= 0.6 is 0 Å². The number of carbonyl (C=O) groups excluding carboxylic acids is 3. The number of hydrogen-bond acceptors (Lipinski definition) is 7. The third-order valence-electron chi connectivity index (χ3n) is 14.6. The summed E-state index contributed by atoms with van der Waals surface area (Å²) in [5.74, 6) is 1.65. The summed E-state index contributed by atoms with van der Waals surface area (Å²) in [6, 6.07) is 25.0. The number of hydrogen-bond donors (Lipinski definition) is 5. The number of nitrogens with one attached hydrogen (secondary N) is 4. The van der Waals surface area contributed by atoms with Gasteiger partial charge in [0.15, 0.2) is 0 Å². The molecule has 1 aliphatic carbocycles. The highest BCUT2D eigenvalue weighted by Gasteiger charge is 2.41. The van der Waals surface area contributed by atoms with Crippen molar-refractivity contribution in [2.45, 2.75) is 134 Å². The van der Waals surface area contributed by atoms with Crippen molar-refractivity contribution in [3.63, 3.8) is 0 Å². The molecule has 7 atom stereocenters. The first-order valence-electron chi connectivity index (χ1n) is 24.4. The van der Waals surface area contributed by atoms with E-state index in [4.69, 9.17) is 14.7 Å². The van der Waals surface area contributed by atoms with Gasteiger partial charge < -0.3 is 40.2 Å². The Morgan fingerprint density at radius 3 is 1.47 bits per heavy atom. The molecule has 14 heteroatoms. The largest absolute Gasteiger partial charge is 0.465 e. The monoisotopic (exact) mass is 925 g/mol. The number of carbonyl (C=O) groups is 4. The number of nitrogens with zero attached hydrogens (tertiary/aromatic N) is 4. The quantitative estimate of drug-likeness (QED) is 0.0772. The van der Waals surface area contributed by atoms with Crippen LogP contribution in [0.2, 0.25) is 0 Å². The first-order chi connectivity index (χ1) is 32.5. The first kappa shape index (κ1) is 48.0. The lowest BCUT2D eigenvalue weighted by atomic mass is 9.76. The van der Waals surface area contributed by atoms with Crippen molar-refractivity contribution in [3.05, 3.63) is 119 Å². The van der Waals surface area contributed by atoms with Gasteiger partial charge in [-0.2, -0.15) is 0 Å². The van der Waals surface area contributed by atoms with Gasteiger partial charge in [0.1, 0.15) is 23.7 Å². The molecule has 14 nitrogen and oxygen atoms in total. The Balaban J connectivity index is 1.00. The Labute approximate surface area is 400 Å². The van der Waals surface area contributed by atoms with Gasteiger partial charge in [-0.3, -0.25) is 9.59 Å². The summed E-state index contributed by atoms with van der Waals surface area (Å²) >= 11 is 0. The Morgan fingerprint density at radius 2 is 1.07 bits per heavy atom. The van der Waals surface area contributed by atoms with Gasteiger partial charge in [-0.1, -0.05) is 121 Å². The summed E-state index contributed by atoms with van der Waals surface area (Å²) in [5, 5.41) is 14.6.